The third-order valence-electron chi connectivity index (χ3n) is 3.06. The first-order valence-corrected chi connectivity index (χ1v) is 7.97. The van der Waals surface area contributed by atoms with Crippen LogP contribution >= 0.6 is 11.3 Å². The summed E-state index contributed by atoms with van der Waals surface area (Å²) in [5.41, 5.74) is 1.49. The molecule has 0 spiro atoms. The van der Waals surface area contributed by atoms with E-state index in [4.69, 9.17) is 0 Å². The summed E-state index contributed by atoms with van der Waals surface area (Å²) in [6, 6.07) is 6.57. The second kappa shape index (κ2) is 7.22. The van der Waals surface area contributed by atoms with E-state index in [0.29, 0.717) is 27.0 Å². The van der Waals surface area contributed by atoms with Gasteiger partial charge >= 0.3 is 0 Å². The van der Waals surface area contributed by atoms with E-state index in [0.717, 1.165) is 11.3 Å². The molecule has 0 bridgehead atoms. The molecule has 0 radical (unpaired) electrons. The smallest absolute Gasteiger partial charge is 0.265 e. The largest absolute Gasteiger partial charge is 0.344 e. The van der Waals surface area contributed by atoms with Crippen LogP contribution in [-0.4, -0.2) is 41.7 Å². The van der Waals surface area contributed by atoms with Crippen molar-refractivity contribution in [1.82, 2.24) is 9.88 Å². The third kappa shape index (κ3) is 4.17. The van der Waals surface area contributed by atoms with Crippen molar-refractivity contribution in [3.8, 4) is 0 Å². The van der Waals surface area contributed by atoms with Gasteiger partial charge in [-0.25, -0.2) is 4.98 Å². The molecule has 0 unspecified atom stereocenters. The molecule has 7 nitrogen and oxygen atoms in total. The first-order chi connectivity index (χ1) is 11.3. The molecule has 0 fully saturated rings. The molecule has 3 amide bonds. The molecule has 1 aromatic carbocycles. The average molecular weight is 346 g/mol. The molecule has 2 aromatic rings. The molecule has 126 valence electrons. The number of hydrogen-bond donors (Lipinski definition) is 2. The second-order valence-electron chi connectivity index (χ2n) is 5.35. The minimum absolute atomic E-state index is 0.154. The number of nitrogens with zero attached hydrogens (tertiary/aromatic N) is 2. The van der Waals surface area contributed by atoms with Crippen molar-refractivity contribution in [1.29, 1.82) is 0 Å². The van der Waals surface area contributed by atoms with Gasteiger partial charge in [-0.1, -0.05) is 17.4 Å². The topological polar surface area (TPSA) is 91.4 Å². The summed E-state index contributed by atoms with van der Waals surface area (Å²) < 4.78 is 0. The van der Waals surface area contributed by atoms with Gasteiger partial charge in [0.2, 0.25) is 5.91 Å². The van der Waals surface area contributed by atoms with E-state index in [1.807, 2.05) is 0 Å². The predicted octanol–water partition coefficient (Wildman–Crippen LogP) is 2.36. The van der Waals surface area contributed by atoms with Gasteiger partial charge in [0.15, 0.2) is 5.13 Å². The molecule has 0 saturated heterocycles. The van der Waals surface area contributed by atoms with Crippen LogP contribution in [0.25, 0.3) is 0 Å². The summed E-state index contributed by atoms with van der Waals surface area (Å²) in [4.78, 5) is 41.6. The third-order valence-corrected chi connectivity index (χ3v) is 4.12. The lowest BCUT2D eigenvalue weighted by molar-refractivity contribution is -0.114. The van der Waals surface area contributed by atoms with E-state index in [-0.39, 0.29) is 17.7 Å². The van der Waals surface area contributed by atoms with Crippen molar-refractivity contribution < 1.29 is 14.4 Å². The summed E-state index contributed by atoms with van der Waals surface area (Å²) in [6.07, 6.45) is 0. The van der Waals surface area contributed by atoms with Crippen molar-refractivity contribution in [2.45, 2.75) is 13.8 Å². The van der Waals surface area contributed by atoms with Crippen LogP contribution in [0.15, 0.2) is 24.3 Å². The van der Waals surface area contributed by atoms with E-state index >= 15 is 0 Å². The van der Waals surface area contributed by atoms with Gasteiger partial charge in [-0.2, -0.15) is 0 Å². The Hall–Kier alpha value is -2.74. The second-order valence-corrected chi connectivity index (χ2v) is 6.35. The number of benzene rings is 1. The molecule has 0 aliphatic heterocycles. The van der Waals surface area contributed by atoms with Gasteiger partial charge in [-0.3, -0.25) is 19.7 Å². The van der Waals surface area contributed by atoms with Crippen LogP contribution in [0.4, 0.5) is 10.8 Å². The van der Waals surface area contributed by atoms with Gasteiger partial charge in [0.05, 0.1) is 5.69 Å². The van der Waals surface area contributed by atoms with Crippen molar-refractivity contribution in [3.63, 3.8) is 0 Å². The Morgan fingerprint density at radius 1 is 1.17 bits per heavy atom. The molecule has 1 heterocycles. The van der Waals surface area contributed by atoms with Crippen LogP contribution in [-0.2, 0) is 4.79 Å². The summed E-state index contributed by atoms with van der Waals surface area (Å²) in [5.74, 6) is -0.729. The Kier molecular flexibility index (Phi) is 5.30. The van der Waals surface area contributed by atoms with Crippen molar-refractivity contribution >= 4 is 39.9 Å². The lowest BCUT2D eigenvalue weighted by Crippen LogP contribution is -2.21. The Labute approximate surface area is 143 Å². The number of anilines is 2. The highest BCUT2D eigenvalue weighted by atomic mass is 32.1. The molecule has 0 saturated carbocycles. The van der Waals surface area contributed by atoms with Crippen molar-refractivity contribution in [3.05, 3.63) is 40.4 Å². The fraction of sp³-hybridized carbons (Fsp3) is 0.250. The van der Waals surface area contributed by atoms with Gasteiger partial charge in [0, 0.05) is 32.3 Å². The first kappa shape index (κ1) is 17.6. The Bertz CT molecular complexity index is 798. The van der Waals surface area contributed by atoms with Crippen LogP contribution in [0.5, 0.6) is 0 Å². The summed E-state index contributed by atoms with van der Waals surface area (Å²) >= 11 is 1.13. The highest BCUT2D eigenvalue weighted by molar-refractivity contribution is 7.17. The molecular weight excluding hydrogens is 328 g/mol. The highest BCUT2D eigenvalue weighted by Gasteiger charge is 2.18. The van der Waals surface area contributed by atoms with Crippen LogP contribution in [0.1, 0.15) is 32.6 Å². The quantitative estimate of drug-likeness (QED) is 0.889. The number of hydrogen-bond acceptors (Lipinski definition) is 5. The minimum Gasteiger partial charge on any atom is -0.344 e. The lowest BCUT2D eigenvalue weighted by atomic mass is 10.2. The number of carbonyl (C=O) groups excluding carboxylic acids is 3. The molecule has 1 aromatic heterocycles. The van der Waals surface area contributed by atoms with Crippen LogP contribution in [0.2, 0.25) is 0 Å². The molecule has 2 N–H and O–H groups in total. The molecule has 24 heavy (non-hydrogen) atoms. The van der Waals surface area contributed by atoms with Gasteiger partial charge in [-0.05, 0) is 25.1 Å². The standard InChI is InChI=1S/C16H18N4O3S/c1-9-13(15(23)20(3)4)24-16(17-9)19-14(22)11-6-5-7-12(8-11)18-10(2)21/h5-8H,1-4H3,(H,18,21)(H,17,19,22). The summed E-state index contributed by atoms with van der Waals surface area (Å²) in [7, 11) is 3.32. The van der Waals surface area contributed by atoms with Gasteiger partial charge in [0.25, 0.3) is 11.8 Å². The lowest BCUT2D eigenvalue weighted by Gasteiger charge is -2.07. The molecular formula is C16H18N4O3S. The van der Waals surface area contributed by atoms with Crippen LogP contribution < -0.4 is 10.6 Å². The van der Waals surface area contributed by atoms with E-state index in [1.165, 1.54) is 11.8 Å². The van der Waals surface area contributed by atoms with Gasteiger partial charge in [0.1, 0.15) is 4.88 Å². The fourth-order valence-electron chi connectivity index (χ4n) is 1.96. The van der Waals surface area contributed by atoms with Crippen molar-refractivity contribution in [2.24, 2.45) is 0 Å². The SMILES string of the molecule is CC(=O)Nc1cccc(C(=O)Nc2nc(C)c(C(=O)N(C)C)s2)c1. The number of rotatable bonds is 4. The molecule has 8 heteroatoms. The Morgan fingerprint density at radius 3 is 2.50 bits per heavy atom. The monoisotopic (exact) mass is 346 g/mol. The predicted molar refractivity (Wildman–Crippen MR) is 93.6 cm³/mol. The fourth-order valence-corrected chi connectivity index (χ4v) is 2.95. The number of aryl methyl sites for hydroxylation is 1. The molecule has 2 rings (SSSR count). The van der Waals surface area contributed by atoms with E-state index < -0.39 is 0 Å². The summed E-state index contributed by atoms with van der Waals surface area (Å²) in [6.45, 7) is 3.12. The zero-order valence-corrected chi connectivity index (χ0v) is 14.7. The maximum atomic E-state index is 12.3. The molecule has 0 aliphatic carbocycles. The maximum absolute atomic E-state index is 12.3. The van der Waals surface area contributed by atoms with E-state index in [1.54, 1.807) is 45.3 Å². The number of nitrogens with one attached hydrogen (secondary N) is 2. The number of amides is 3. The van der Waals surface area contributed by atoms with Crippen LogP contribution in [0, 0.1) is 6.92 Å². The zero-order valence-electron chi connectivity index (χ0n) is 13.8. The number of aromatic nitrogens is 1. The number of carbonyl (C=O) groups is 3. The highest BCUT2D eigenvalue weighted by Crippen LogP contribution is 2.24. The van der Waals surface area contributed by atoms with Gasteiger partial charge in [-0.15, -0.1) is 0 Å². The van der Waals surface area contributed by atoms with Crippen molar-refractivity contribution in [2.75, 3.05) is 24.7 Å². The molecule has 0 aliphatic rings. The molecule has 0 atom stereocenters. The minimum atomic E-state index is -0.361. The summed E-state index contributed by atoms with van der Waals surface area (Å²) in [5, 5.41) is 5.66. The normalized spacial score (nSPS) is 10.2. The maximum Gasteiger partial charge on any atom is 0.265 e. The van der Waals surface area contributed by atoms with Gasteiger partial charge < -0.3 is 10.2 Å². The number of thiazole rings is 1. The van der Waals surface area contributed by atoms with E-state index in [9.17, 15) is 14.4 Å². The Morgan fingerprint density at radius 2 is 1.88 bits per heavy atom. The Balaban J connectivity index is 2.17. The van der Waals surface area contributed by atoms with Crippen LogP contribution in [0.3, 0.4) is 0 Å². The zero-order chi connectivity index (χ0) is 17.9. The van der Waals surface area contributed by atoms with E-state index in [2.05, 4.69) is 15.6 Å². The first-order valence-electron chi connectivity index (χ1n) is 7.16. The average Bonchev–Trinajstić information content (AvgIpc) is 2.86.